The number of esters is 1. The van der Waals surface area contributed by atoms with E-state index in [0.717, 1.165) is 0 Å². The first-order chi connectivity index (χ1) is 5.07. The van der Waals surface area contributed by atoms with Gasteiger partial charge in [0.05, 0.1) is 6.10 Å². The zero-order valence-corrected chi connectivity index (χ0v) is 6.87. The molecule has 4 heteroatoms. The Labute approximate surface area is 65.5 Å². The fourth-order valence-electron chi connectivity index (χ4n) is 0.467. The van der Waals surface area contributed by atoms with Crippen LogP contribution in [-0.2, 0) is 19.1 Å². The SMILES string of the molecule is CC(C)OC(=O)C(C)OC=O. The quantitative estimate of drug-likeness (QED) is 0.444. The predicted octanol–water partition coefficient (Wildman–Crippen LogP) is 0.500. The van der Waals surface area contributed by atoms with Crippen LogP contribution in [0.1, 0.15) is 20.8 Å². The van der Waals surface area contributed by atoms with Crippen molar-refractivity contribution in [1.82, 2.24) is 0 Å². The first-order valence-electron chi connectivity index (χ1n) is 3.37. The molecular formula is C7H12O4. The van der Waals surface area contributed by atoms with Crippen molar-refractivity contribution in [3.05, 3.63) is 0 Å². The highest BCUT2D eigenvalue weighted by Crippen LogP contribution is 1.96. The number of carbonyl (C=O) groups is 2. The maximum absolute atomic E-state index is 10.8. The topological polar surface area (TPSA) is 52.6 Å². The third-order valence-corrected chi connectivity index (χ3v) is 0.943. The molecule has 11 heavy (non-hydrogen) atoms. The Hall–Kier alpha value is -1.06. The second kappa shape index (κ2) is 4.71. The van der Waals surface area contributed by atoms with Gasteiger partial charge in [0.1, 0.15) is 0 Å². The average Bonchev–Trinajstić information content (AvgIpc) is 1.86. The average molecular weight is 160 g/mol. The minimum atomic E-state index is -0.810. The van der Waals surface area contributed by atoms with Gasteiger partial charge in [0, 0.05) is 0 Å². The highest BCUT2D eigenvalue weighted by Gasteiger charge is 2.15. The largest absolute Gasteiger partial charge is 0.460 e. The minimum absolute atomic E-state index is 0.180. The lowest BCUT2D eigenvalue weighted by Crippen LogP contribution is -2.25. The zero-order chi connectivity index (χ0) is 8.85. The molecule has 1 unspecified atom stereocenters. The number of hydrogen-bond acceptors (Lipinski definition) is 4. The summed E-state index contributed by atoms with van der Waals surface area (Å²) in [5.74, 6) is -0.521. The first kappa shape index (κ1) is 9.94. The molecule has 1 atom stereocenters. The summed E-state index contributed by atoms with van der Waals surface area (Å²) in [6.45, 7) is 5.14. The van der Waals surface area contributed by atoms with E-state index in [1.165, 1.54) is 6.92 Å². The van der Waals surface area contributed by atoms with Crippen molar-refractivity contribution in [1.29, 1.82) is 0 Å². The van der Waals surface area contributed by atoms with Gasteiger partial charge in [-0.15, -0.1) is 0 Å². The van der Waals surface area contributed by atoms with Gasteiger partial charge in [-0.25, -0.2) is 4.79 Å². The van der Waals surface area contributed by atoms with E-state index < -0.39 is 12.1 Å². The molecular weight excluding hydrogens is 148 g/mol. The van der Waals surface area contributed by atoms with Crippen molar-refractivity contribution in [3.8, 4) is 0 Å². The number of ether oxygens (including phenoxy) is 2. The first-order valence-corrected chi connectivity index (χ1v) is 3.37. The van der Waals surface area contributed by atoms with Crippen LogP contribution >= 0.6 is 0 Å². The van der Waals surface area contributed by atoms with Crippen molar-refractivity contribution < 1.29 is 19.1 Å². The van der Waals surface area contributed by atoms with Crippen LogP contribution in [0.15, 0.2) is 0 Å². The van der Waals surface area contributed by atoms with Crippen molar-refractivity contribution >= 4 is 12.4 Å². The molecule has 0 aromatic carbocycles. The molecule has 0 aliphatic rings. The van der Waals surface area contributed by atoms with Crippen LogP contribution in [0.2, 0.25) is 0 Å². The van der Waals surface area contributed by atoms with E-state index >= 15 is 0 Å². The number of hydrogen-bond donors (Lipinski definition) is 0. The molecule has 0 heterocycles. The third kappa shape index (κ3) is 4.36. The van der Waals surface area contributed by atoms with E-state index in [9.17, 15) is 9.59 Å². The molecule has 0 N–H and O–H groups in total. The molecule has 4 nitrogen and oxygen atoms in total. The molecule has 0 aliphatic carbocycles. The van der Waals surface area contributed by atoms with Gasteiger partial charge < -0.3 is 9.47 Å². The summed E-state index contributed by atoms with van der Waals surface area (Å²) < 4.78 is 9.09. The van der Waals surface area contributed by atoms with Crippen LogP contribution in [0.25, 0.3) is 0 Å². The monoisotopic (exact) mass is 160 g/mol. The molecule has 0 spiro atoms. The summed E-state index contributed by atoms with van der Waals surface area (Å²) in [6.07, 6.45) is -0.991. The maximum Gasteiger partial charge on any atom is 0.347 e. The second-order valence-electron chi connectivity index (χ2n) is 2.36. The molecule has 0 saturated carbocycles. The van der Waals surface area contributed by atoms with Crippen LogP contribution in [-0.4, -0.2) is 24.6 Å². The van der Waals surface area contributed by atoms with Gasteiger partial charge in [0.25, 0.3) is 6.47 Å². The Morgan fingerprint density at radius 1 is 1.36 bits per heavy atom. The smallest absolute Gasteiger partial charge is 0.347 e. The van der Waals surface area contributed by atoms with E-state index in [1.54, 1.807) is 13.8 Å². The molecule has 64 valence electrons. The van der Waals surface area contributed by atoms with Crippen LogP contribution in [0.3, 0.4) is 0 Å². The molecule has 0 aromatic heterocycles. The van der Waals surface area contributed by atoms with Crippen LogP contribution in [0, 0.1) is 0 Å². The van der Waals surface area contributed by atoms with Crippen molar-refractivity contribution in [3.63, 3.8) is 0 Å². The maximum atomic E-state index is 10.8. The van der Waals surface area contributed by atoms with Crippen molar-refractivity contribution in [2.75, 3.05) is 0 Å². The second-order valence-corrected chi connectivity index (χ2v) is 2.36. The summed E-state index contributed by atoms with van der Waals surface area (Å²) in [5.41, 5.74) is 0. The summed E-state index contributed by atoms with van der Waals surface area (Å²) in [5, 5.41) is 0. The Morgan fingerprint density at radius 2 is 1.91 bits per heavy atom. The summed E-state index contributed by atoms with van der Waals surface area (Å²) in [7, 11) is 0. The minimum Gasteiger partial charge on any atom is -0.460 e. The molecule has 0 aliphatic heterocycles. The van der Waals surface area contributed by atoms with Gasteiger partial charge in [0.15, 0.2) is 6.10 Å². The van der Waals surface area contributed by atoms with Crippen molar-refractivity contribution in [2.24, 2.45) is 0 Å². The summed E-state index contributed by atoms with van der Waals surface area (Å²) in [4.78, 5) is 20.6. The third-order valence-electron chi connectivity index (χ3n) is 0.943. The van der Waals surface area contributed by atoms with E-state index in [2.05, 4.69) is 4.74 Å². The van der Waals surface area contributed by atoms with Gasteiger partial charge in [-0.05, 0) is 20.8 Å². The Kier molecular flexibility index (Phi) is 4.26. The fraction of sp³-hybridized carbons (Fsp3) is 0.714. The molecule has 0 rings (SSSR count). The summed E-state index contributed by atoms with van der Waals surface area (Å²) in [6, 6.07) is 0. The van der Waals surface area contributed by atoms with Gasteiger partial charge >= 0.3 is 5.97 Å². The molecule has 0 amide bonds. The van der Waals surface area contributed by atoms with E-state index in [4.69, 9.17) is 4.74 Å². The lowest BCUT2D eigenvalue weighted by molar-refractivity contribution is -0.163. The molecule has 0 aromatic rings. The highest BCUT2D eigenvalue weighted by molar-refractivity contribution is 5.75. The van der Waals surface area contributed by atoms with Crippen LogP contribution in [0.4, 0.5) is 0 Å². The van der Waals surface area contributed by atoms with Crippen LogP contribution < -0.4 is 0 Å². The van der Waals surface area contributed by atoms with Gasteiger partial charge in [-0.2, -0.15) is 0 Å². The standard InChI is InChI=1S/C7H12O4/c1-5(2)11-7(9)6(3)10-4-8/h4-6H,1-3H3. The number of carbonyl (C=O) groups excluding carboxylic acids is 2. The Morgan fingerprint density at radius 3 is 2.27 bits per heavy atom. The Balaban J connectivity index is 3.72. The fourth-order valence-corrected chi connectivity index (χ4v) is 0.467. The van der Waals surface area contributed by atoms with Gasteiger partial charge in [-0.1, -0.05) is 0 Å². The molecule has 0 fully saturated rings. The van der Waals surface area contributed by atoms with E-state index in [0.29, 0.717) is 0 Å². The van der Waals surface area contributed by atoms with Gasteiger partial charge in [-0.3, -0.25) is 4.79 Å². The number of rotatable bonds is 4. The van der Waals surface area contributed by atoms with Gasteiger partial charge in [0.2, 0.25) is 0 Å². The lowest BCUT2D eigenvalue weighted by atomic mass is 10.4. The Bertz CT molecular complexity index is 141. The van der Waals surface area contributed by atoms with E-state index in [1.807, 2.05) is 0 Å². The summed E-state index contributed by atoms with van der Waals surface area (Å²) >= 11 is 0. The highest BCUT2D eigenvalue weighted by atomic mass is 16.6. The predicted molar refractivity (Wildman–Crippen MR) is 37.8 cm³/mol. The molecule has 0 radical (unpaired) electrons. The van der Waals surface area contributed by atoms with E-state index in [-0.39, 0.29) is 12.6 Å². The zero-order valence-electron chi connectivity index (χ0n) is 6.87. The van der Waals surface area contributed by atoms with Crippen molar-refractivity contribution in [2.45, 2.75) is 33.0 Å². The molecule has 0 bridgehead atoms. The molecule has 0 saturated heterocycles. The lowest BCUT2D eigenvalue weighted by Gasteiger charge is -2.11. The van der Waals surface area contributed by atoms with Crippen LogP contribution in [0.5, 0.6) is 0 Å². The normalized spacial score (nSPS) is 12.4.